The molecule has 3 heterocycles. The number of hydrogen-bond acceptors (Lipinski definition) is 5. The summed E-state index contributed by atoms with van der Waals surface area (Å²) >= 11 is 0. The van der Waals surface area contributed by atoms with E-state index in [1.165, 1.54) is 11.0 Å². The summed E-state index contributed by atoms with van der Waals surface area (Å²) in [5, 5.41) is 10.8. The summed E-state index contributed by atoms with van der Waals surface area (Å²) < 4.78 is 1.44. The molecule has 112 valence electrons. The minimum Gasteiger partial charge on any atom is -0.340 e. The van der Waals surface area contributed by atoms with Crippen molar-refractivity contribution in [2.45, 2.75) is 25.4 Å². The van der Waals surface area contributed by atoms with Crippen LogP contribution in [-0.2, 0) is 11.3 Å². The van der Waals surface area contributed by atoms with Crippen molar-refractivity contribution in [2.75, 3.05) is 6.54 Å². The van der Waals surface area contributed by atoms with Crippen LogP contribution in [0.2, 0.25) is 0 Å². The second-order valence-corrected chi connectivity index (χ2v) is 5.39. The summed E-state index contributed by atoms with van der Waals surface area (Å²) in [5.41, 5.74) is 1.93. The molecule has 0 spiro atoms. The molecule has 2 aromatic heterocycles. The highest BCUT2D eigenvalue weighted by atomic mass is 16.2. The molecule has 8 heteroatoms. The fraction of sp³-hybridized carbons (Fsp3) is 0.357. The number of likely N-dealkylation sites (tertiary alicyclic amines) is 1. The zero-order chi connectivity index (χ0) is 14.9. The van der Waals surface area contributed by atoms with Crippen LogP contribution in [0.4, 0.5) is 0 Å². The van der Waals surface area contributed by atoms with Crippen LogP contribution in [0.5, 0.6) is 0 Å². The summed E-state index contributed by atoms with van der Waals surface area (Å²) in [6.45, 7) is 0.895. The third-order valence-electron chi connectivity index (χ3n) is 3.99. The molecule has 1 N–H and O–H groups in total. The maximum absolute atomic E-state index is 12.5. The molecule has 0 aliphatic carbocycles. The molecular weight excluding hydrogens is 282 g/mol. The third-order valence-corrected chi connectivity index (χ3v) is 3.99. The first-order chi connectivity index (χ1) is 10.8. The normalized spacial score (nSPS) is 18.2. The van der Waals surface area contributed by atoms with Gasteiger partial charge in [0.25, 0.3) is 0 Å². The minimum atomic E-state index is -0.00335. The second kappa shape index (κ2) is 5.21. The smallest absolute Gasteiger partial charge is 0.245 e. The molecular formula is C14H15N7O. The van der Waals surface area contributed by atoms with Crippen molar-refractivity contribution in [3.63, 3.8) is 0 Å². The van der Waals surface area contributed by atoms with E-state index in [0.29, 0.717) is 0 Å². The molecule has 1 fully saturated rings. The monoisotopic (exact) mass is 297 g/mol. The first kappa shape index (κ1) is 12.9. The fourth-order valence-electron chi connectivity index (χ4n) is 2.96. The number of aromatic amines is 1. The molecule has 22 heavy (non-hydrogen) atoms. The number of aromatic nitrogens is 6. The average molecular weight is 297 g/mol. The van der Waals surface area contributed by atoms with Gasteiger partial charge in [-0.3, -0.25) is 4.79 Å². The first-order valence-corrected chi connectivity index (χ1v) is 7.26. The molecule has 0 radical (unpaired) electrons. The minimum absolute atomic E-state index is 0.00335. The number of benzene rings is 1. The zero-order valence-corrected chi connectivity index (χ0v) is 11.9. The number of fused-ring (bicyclic) bond motifs is 1. The largest absolute Gasteiger partial charge is 0.340 e. The molecule has 1 aliphatic heterocycles. The number of para-hydroxylation sites is 2. The summed E-state index contributed by atoms with van der Waals surface area (Å²) in [4.78, 5) is 22.3. The van der Waals surface area contributed by atoms with Gasteiger partial charge >= 0.3 is 0 Å². The standard InChI is InChI=1S/C14H15N7O/c22-13(8-20-9-15-18-19-20)21-7-3-6-12(21)14-16-10-4-1-2-5-11(10)17-14/h1-2,4-5,9,12H,3,6-8H2,(H,16,17). The van der Waals surface area contributed by atoms with E-state index in [1.54, 1.807) is 0 Å². The number of tetrazole rings is 1. The third kappa shape index (κ3) is 2.22. The lowest BCUT2D eigenvalue weighted by Crippen LogP contribution is -2.34. The van der Waals surface area contributed by atoms with Crippen LogP contribution >= 0.6 is 0 Å². The lowest BCUT2D eigenvalue weighted by atomic mass is 10.2. The Morgan fingerprint density at radius 2 is 2.27 bits per heavy atom. The average Bonchev–Trinajstić information content (AvgIpc) is 3.26. The SMILES string of the molecule is O=C(Cn1cnnn1)N1CCCC1c1nc2ccccc2[nH]1. The molecule has 3 aromatic rings. The number of carbonyl (C=O) groups excluding carboxylic acids is 1. The number of amides is 1. The van der Waals surface area contributed by atoms with Gasteiger partial charge in [0, 0.05) is 6.54 Å². The van der Waals surface area contributed by atoms with Crippen LogP contribution in [0, 0.1) is 0 Å². The van der Waals surface area contributed by atoms with Crippen LogP contribution in [0.1, 0.15) is 24.7 Å². The number of imidazole rings is 1. The molecule has 1 saturated heterocycles. The van der Waals surface area contributed by atoms with E-state index in [0.717, 1.165) is 36.2 Å². The van der Waals surface area contributed by atoms with Gasteiger partial charge in [0.05, 0.1) is 17.1 Å². The Morgan fingerprint density at radius 3 is 3.09 bits per heavy atom. The van der Waals surface area contributed by atoms with Gasteiger partial charge in [0.15, 0.2) is 0 Å². The Hall–Kier alpha value is -2.77. The molecule has 1 aromatic carbocycles. The molecule has 0 bridgehead atoms. The maximum atomic E-state index is 12.5. The van der Waals surface area contributed by atoms with E-state index in [2.05, 4.69) is 25.5 Å². The molecule has 0 saturated carbocycles. The second-order valence-electron chi connectivity index (χ2n) is 5.39. The Morgan fingerprint density at radius 1 is 1.36 bits per heavy atom. The first-order valence-electron chi connectivity index (χ1n) is 7.26. The van der Waals surface area contributed by atoms with E-state index in [1.807, 2.05) is 29.2 Å². The summed E-state index contributed by atoms with van der Waals surface area (Å²) in [6.07, 6.45) is 3.34. The molecule has 1 amide bonds. The number of H-pyrrole nitrogens is 1. The molecule has 1 aliphatic rings. The summed E-state index contributed by atoms with van der Waals surface area (Å²) in [6, 6.07) is 7.89. The lowest BCUT2D eigenvalue weighted by molar-refractivity contribution is -0.133. The number of carbonyl (C=O) groups is 1. The summed E-state index contributed by atoms with van der Waals surface area (Å²) in [5.74, 6) is 0.860. The van der Waals surface area contributed by atoms with Crippen molar-refractivity contribution in [2.24, 2.45) is 0 Å². The van der Waals surface area contributed by atoms with Gasteiger partial charge < -0.3 is 9.88 Å². The molecule has 8 nitrogen and oxygen atoms in total. The Kier molecular flexibility index (Phi) is 3.06. The topological polar surface area (TPSA) is 92.6 Å². The van der Waals surface area contributed by atoms with Crippen molar-refractivity contribution in [3.8, 4) is 0 Å². The molecule has 4 rings (SSSR count). The van der Waals surface area contributed by atoms with Gasteiger partial charge in [0.1, 0.15) is 18.7 Å². The number of nitrogens with zero attached hydrogens (tertiary/aromatic N) is 6. The lowest BCUT2D eigenvalue weighted by Gasteiger charge is -2.22. The number of nitrogens with one attached hydrogen (secondary N) is 1. The van der Waals surface area contributed by atoms with Gasteiger partial charge in [-0.15, -0.1) is 5.10 Å². The highest BCUT2D eigenvalue weighted by molar-refractivity contribution is 5.77. The van der Waals surface area contributed by atoms with E-state index in [-0.39, 0.29) is 18.5 Å². The Bertz CT molecular complexity index is 761. The predicted octanol–water partition coefficient (Wildman–Crippen LogP) is 0.913. The predicted molar refractivity (Wildman–Crippen MR) is 77.6 cm³/mol. The van der Waals surface area contributed by atoms with Crippen LogP contribution in [-0.4, -0.2) is 47.5 Å². The van der Waals surface area contributed by atoms with Crippen LogP contribution in [0.3, 0.4) is 0 Å². The number of rotatable bonds is 3. The van der Waals surface area contributed by atoms with Gasteiger partial charge in [-0.25, -0.2) is 9.67 Å². The van der Waals surface area contributed by atoms with Crippen molar-refractivity contribution in [3.05, 3.63) is 36.4 Å². The van der Waals surface area contributed by atoms with Gasteiger partial charge in [-0.05, 0) is 35.4 Å². The van der Waals surface area contributed by atoms with Crippen molar-refractivity contribution < 1.29 is 4.79 Å². The molecule has 1 atom stereocenters. The van der Waals surface area contributed by atoms with Gasteiger partial charge in [-0.1, -0.05) is 12.1 Å². The summed E-state index contributed by atoms with van der Waals surface area (Å²) in [7, 11) is 0. The Balaban J connectivity index is 1.58. The zero-order valence-electron chi connectivity index (χ0n) is 11.9. The van der Waals surface area contributed by atoms with E-state index in [4.69, 9.17) is 0 Å². The van der Waals surface area contributed by atoms with Crippen LogP contribution in [0.15, 0.2) is 30.6 Å². The number of hydrogen-bond donors (Lipinski definition) is 1. The van der Waals surface area contributed by atoms with Gasteiger partial charge in [0.2, 0.25) is 5.91 Å². The van der Waals surface area contributed by atoms with Crippen LogP contribution < -0.4 is 0 Å². The maximum Gasteiger partial charge on any atom is 0.245 e. The van der Waals surface area contributed by atoms with E-state index >= 15 is 0 Å². The fourth-order valence-corrected chi connectivity index (χ4v) is 2.96. The van der Waals surface area contributed by atoms with Crippen molar-refractivity contribution >= 4 is 16.9 Å². The van der Waals surface area contributed by atoms with Crippen molar-refractivity contribution in [1.82, 2.24) is 35.1 Å². The van der Waals surface area contributed by atoms with E-state index in [9.17, 15) is 4.79 Å². The highest BCUT2D eigenvalue weighted by Crippen LogP contribution is 2.31. The Labute approximate surface area is 126 Å². The van der Waals surface area contributed by atoms with E-state index < -0.39 is 0 Å². The quantitative estimate of drug-likeness (QED) is 0.775. The van der Waals surface area contributed by atoms with Crippen LogP contribution in [0.25, 0.3) is 11.0 Å². The van der Waals surface area contributed by atoms with Gasteiger partial charge in [-0.2, -0.15) is 0 Å². The molecule has 1 unspecified atom stereocenters. The van der Waals surface area contributed by atoms with Crippen molar-refractivity contribution in [1.29, 1.82) is 0 Å². The highest BCUT2D eigenvalue weighted by Gasteiger charge is 2.32.